The molecule has 0 saturated carbocycles. The summed E-state index contributed by atoms with van der Waals surface area (Å²) in [6.07, 6.45) is 0. The Morgan fingerprint density at radius 3 is 3.21 bits per heavy atom. The molecule has 3 heterocycles. The van der Waals surface area contributed by atoms with Crippen LogP contribution in [0.15, 0.2) is 0 Å². The second kappa shape index (κ2) is 2.67. The van der Waals surface area contributed by atoms with E-state index in [0.717, 1.165) is 5.75 Å². The molecular formula is C6H8N6OS. The summed E-state index contributed by atoms with van der Waals surface area (Å²) in [5.74, 6) is 1.43. The largest absolute Gasteiger partial charge is 0.317 e. The number of carbonyl (C=O) groups excluding carboxylic acids is 1. The van der Waals surface area contributed by atoms with Gasteiger partial charge in [0.15, 0.2) is 5.82 Å². The highest BCUT2D eigenvalue weighted by Crippen LogP contribution is 2.44. The molecule has 0 aromatic carbocycles. The number of nitrogens with two attached hydrogens (primary N) is 1. The maximum atomic E-state index is 11.5. The van der Waals surface area contributed by atoms with Gasteiger partial charge < -0.3 is 10.6 Å². The highest BCUT2D eigenvalue weighted by Gasteiger charge is 2.54. The molecule has 1 aromatic rings. The number of tetrazole rings is 1. The number of fused-ring (bicyclic) bond motifs is 1. The Morgan fingerprint density at radius 2 is 2.50 bits per heavy atom. The van der Waals surface area contributed by atoms with Crippen LogP contribution in [0.1, 0.15) is 11.9 Å². The third-order valence-electron chi connectivity index (χ3n) is 2.56. The van der Waals surface area contributed by atoms with Crippen LogP contribution in [0.25, 0.3) is 0 Å². The Bertz CT molecular complexity index is 366. The fraction of sp³-hybridized carbons (Fsp3) is 0.667. The number of hydrogen-bond acceptors (Lipinski definition) is 6. The van der Waals surface area contributed by atoms with Crippen molar-refractivity contribution in [1.29, 1.82) is 0 Å². The predicted octanol–water partition coefficient (Wildman–Crippen LogP) is -1.52. The molecule has 3 rings (SSSR count). The Labute approximate surface area is 83.4 Å². The van der Waals surface area contributed by atoms with Gasteiger partial charge in [-0.25, -0.2) is 5.10 Å². The SMILES string of the molecule is NC1C(=O)N2C(c3nnn[nH]3)CSC12. The van der Waals surface area contributed by atoms with Crippen LogP contribution in [0, 0.1) is 0 Å². The minimum atomic E-state index is -0.346. The monoisotopic (exact) mass is 212 g/mol. The number of nitrogens with zero attached hydrogens (tertiary/aromatic N) is 4. The molecule has 7 nitrogen and oxygen atoms in total. The van der Waals surface area contributed by atoms with E-state index < -0.39 is 0 Å². The molecular weight excluding hydrogens is 204 g/mol. The Balaban J connectivity index is 1.88. The third kappa shape index (κ3) is 0.867. The smallest absolute Gasteiger partial charge is 0.244 e. The lowest BCUT2D eigenvalue weighted by molar-refractivity contribution is -0.146. The average Bonchev–Trinajstić information content (AvgIpc) is 2.83. The van der Waals surface area contributed by atoms with E-state index in [4.69, 9.17) is 5.73 Å². The summed E-state index contributed by atoms with van der Waals surface area (Å²) in [4.78, 5) is 13.2. The van der Waals surface area contributed by atoms with Gasteiger partial charge in [-0.15, -0.1) is 16.9 Å². The molecule has 8 heteroatoms. The Morgan fingerprint density at radius 1 is 1.64 bits per heavy atom. The summed E-state index contributed by atoms with van der Waals surface area (Å²) in [6.45, 7) is 0. The van der Waals surface area contributed by atoms with Crippen molar-refractivity contribution in [3.63, 3.8) is 0 Å². The molecule has 2 saturated heterocycles. The first kappa shape index (κ1) is 8.18. The molecule has 1 aromatic heterocycles. The second-order valence-electron chi connectivity index (χ2n) is 3.30. The fourth-order valence-corrected chi connectivity index (χ4v) is 3.25. The van der Waals surface area contributed by atoms with E-state index >= 15 is 0 Å². The first-order valence-electron chi connectivity index (χ1n) is 4.22. The van der Waals surface area contributed by atoms with Gasteiger partial charge in [-0.05, 0) is 10.4 Å². The maximum absolute atomic E-state index is 11.5. The number of thioether (sulfide) groups is 1. The standard InChI is InChI=1S/C6H8N6OS/c7-3-5(13)12-2(1-14-6(3)12)4-8-10-11-9-4/h2-3,6H,1,7H2,(H,8,9,10,11). The molecule has 2 aliphatic rings. The van der Waals surface area contributed by atoms with Gasteiger partial charge >= 0.3 is 0 Å². The summed E-state index contributed by atoms with van der Waals surface area (Å²) < 4.78 is 0. The Kier molecular flexibility index (Phi) is 1.56. The van der Waals surface area contributed by atoms with Gasteiger partial charge in [0.05, 0.1) is 0 Å². The number of nitrogens with one attached hydrogen (secondary N) is 1. The Hall–Kier alpha value is -1.15. The summed E-state index contributed by atoms with van der Waals surface area (Å²) in [6, 6.07) is -0.381. The quantitative estimate of drug-likeness (QED) is 0.548. The third-order valence-corrected chi connectivity index (χ3v) is 3.93. The van der Waals surface area contributed by atoms with Gasteiger partial charge in [0.25, 0.3) is 0 Å². The van der Waals surface area contributed by atoms with Gasteiger partial charge in [-0.2, -0.15) is 0 Å². The van der Waals surface area contributed by atoms with Crippen LogP contribution < -0.4 is 5.73 Å². The van der Waals surface area contributed by atoms with Crippen molar-refractivity contribution in [1.82, 2.24) is 25.5 Å². The van der Waals surface area contributed by atoms with Crippen LogP contribution in [0.5, 0.6) is 0 Å². The van der Waals surface area contributed by atoms with E-state index in [1.807, 2.05) is 0 Å². The van der Waals surface area contributed by atoms with Crippen molar-refractivity contribution >= 4 is 17.7 Å². The van der Waals surface area contributed by atoms with E-state index in [-0.39, 0.29) is 23.4 Å². The zero-order valence-electron chi connectivity index (χ0n) is 7.12. The number of rotatable bonds is 1. The first-order valence-corrected chi connectivity index (χ1v) is 5.27. The number of aromatic amines is 1. The molecule has 3 N–H and O–H groups in total. The molecule has 3 atom stereocenters. The van der Waals surface area contributed by atoms with E-state index in [1.54, 1.807) is 16.7 Å². The van der Waals surface area contributed by atoms with Gasteiger partial charge in [0.2, 0.25) is 5.91 Å². The van der Waals surface area contributed by atoms with Gasteiger partial charge in [0, 0.05) is 5.75 Å². The average molecular weight is 212 g/mol. The van der Waals surface area contributed by atoms with Crippen LogP contribution in [-0.4, -0.2) is 48.6 Å². The normalized spacial score (nSPS) is 35.6. The number of amides is 1. The number of aromatic nitrogens is 4. The van der Waals surface area contributed by atoms with Crippen molar-refractivity contribution in [3.05, 3.63) is 5.82 Å². The van der Waals surface area contributed by atoms with Crippen LogP contribution >= 0.6 is 11.8 Å². The van der Waals surface area contributed by atoms with Gasteiger partial charge in [-0.3, -0.25) is 4.79 Å². The molecule has 1 amide bonds. The maximum Gasteiger partial charge on any atom is 0.244 e. The van der Waals surface area contributed by atoms with Gasteiger partial charge in [-0.1, -0.05) is 0 Å². The minimum absolute atomic E-state index is 0.0126. The number of carbonyl (C=O) groups is 1. The first-order chi connectivity index (χ1) is 6.79. The summed E-state index contributed by atoms with van der Waals surface area (Å²) in [5, 5.41) is 13.6. The molecule has 0 spiro atoms. The lowest BCUT2D eigenvalue weighted by Gasteiger charge is -2.41. The molecule has 0 aliphatic carbocycles. The van der Waals surface area contributed by atoms with Crippen molar-refractivity contribution in [2.24, 2.45) is 5.73 Å². The number of hydrogen-bond donors (Lipinski definition) is 2. The van der Waals surface area contributed by atoms with Crippen LogP contribution in [0.4, 0.5) is 0 Å². The van der Waals surface area contributed by atoms with Crippen LogP contribution in [0.2, 0.25) is 0 Å². The molecule has 14 heavy (non-hydrogen) atoms. The molecule has 2 aliphatic heterocycles. The van der Waals surface area contributed by atoms with E-state index in [1.165, 1.54) is 0 Å². The molecule has 0 bridgehead atoms. The molecule has 2 fully saturated rings. The highest BCUT2D eigenvalue weighted by atomic mass is 32.2. The van der Waals surface area contributed by atoms with Crippen LogP contribution in [0.3, 0.4) is 0 Å². The second-order valence-corrected chi connectivity index (χ2v) is 4.45. The minimum Gasteiger partial charge on any atom is -0.317 e. The lowest BCUT2D eigenvalue weighted by Crippen LogP contribution is -2.65. The fourth-order valence-electron chi connectivity index (χ4n) is 1.81. The van der Waals surface area contributed by atoms with E-state index in [0.29, 0.717) is 5.82 Å². The highest BCUT2D eigenvalue weighted by molar-refractivity contribution is 8.00. The zero-order valence-corrected chi connectivity index (χ0v) is 7.94. The van der Waals surface area contributed by atoms with Crippen LogP contribution in [-0.2, 0) is 4.79 Å². The van der Waals surface area contributed by atoms with Crippen molar-refractivity contribution in [2.45, 2.75) is 17.5 Å². The topological polar surface area (TPSA) is 101 Å². The lowest BCUT2D eigenvalue weighted by atomic mass is 10.1. The number of β-lactam (4-membered cyclic amide) rings is 1. The summed E-state index contributed by atoms with van der Waals surface area (Å²) in [5.41, 5.74) is 5.65. The predicted molar refractivity (Wildman–Crippen MR) is 48.0 cm³/mol. The van der Waals surface area contributed by atoms with Crippen molar-refractivity contribution < 1.29 is 4.79 Å². The van der Waals surface area contributed by atoms with Gasteiger partial charge in [0.1, 0.15) is 17.5 Å². The van der Waals surface area contributed by atoms with E-state index in [9.17, 15) is 4.79 Å². The molecule has 0 radical (unpaired) electrons. The molecule has 3 unspecified atom stereocenters. The van der Waals surface area contributed by atoms with Crippen molar-refractivity contribution in [2.75, 3.05) is 5.75 Å². The summed E-state index contributed by atoms with van der Waals surface area (Å²) >= 11 is 1.67. The molecule has 74 valence electrons. The van der Waals surface area contributed by atoms with Crippen molar-refractivity contribution in [3.8, 4) is 0 Å². The summed E-state index contributed by atoms with van der Waals surface area (Å²) in [7, 11) is 0. The number of H-pyrrole nitrogens is 1. The van der Waals surface area contributed by atoms with E-state index in [2.05, 4.69) is 20.6 Å². The zero-order chi connectivity index (χ0) is 9.71.